The summed E-state index contributed by atoms with van der Waals surface area (Å²) in [5, 5.41) is 30.3. The minimum Gasteiger partial charge on any atom is -0.457 e. The van der Waals surface area contributed by atoms with Crippen LogP contribution in [0.25, 0.3) is 0 Å². The molecule has 166 valence electrons. The van der Waals surface area contributed by atoms with Crippen LogP contribution in [0.1, 0.15) is 50.5 Å². The van der Waals surface area contributed by atoms with E-state index in [0.717, 1.165) is 36.3 Å². The Labute approximate surface area is 186 Å². The minimum absolute atomic E-state index is 0.278. The topological polar surface area (TPSA) is 110 Å². The molecular formula is C24H26N4O4. The van der Waals surface area contributed by atoms with Crippen molar-refractivity contribution >= 4 is 5.97 Å². The highest BCUT2D eigenvalue weighted by atomic mass is 16.5. The number of aliphatic hydroxyl groups is 2. The van der Waals surface area contributed by atoms with Gasteiger partial charge in [0.15, 0.2) is 0 Å². The Balaban J connectivity index is 1.18. The van der Waals surface area contributed by atoms with Crippen LogP contribution in [0.3, 0.4) is 0 Å². The molecule has 8 nitrogen and oxygen atoms in total. The maximum atomic E-state index is 11.8. The molecule has 0 amide bonds. The molecule has 5 rings (SSSR count). The third kappa shape index (κ3) is 3.67. The summed E-state index contributed by atoms with van der Waals surface area (Å²) in [5.41, 5.74) is 4.32. The van der Waals surface area contributed by atoms with Crippen molar-refractivity contribution in [2.45, 2.75) is 31.8 Å². The number of nitriles is 1. The van der Waals surface area contributed by atoms with Crippen LogP contribution in [-0.4, -0.2) is 69.7 Å². The van der Waals surface area contributed by atoms with E-state index in [1.165, 1.54) is 6.20 Å². The number of hydrogen-bond acceptors (Lipinski definition) is 8. The first-order valence-corrected chi connectivity index (χ1v) is 10.9. The second-order valence-electron chi connectivity index (χ2n) is 9.00. The number of rotatable bonds is 6. The summed E-state index contributed by atoms with van der Waals surface area (Å²) >= 11 is 0. The van der Waals surface area contributed by atoms with Crippen LogP contribution in [-0.2, 0) is 11.3 Å². The monoisotopic (exact) mass is 434 g/mol. The van der Waals surface area contributed by atoms with Crippen molar-refractivity contribution in [2.24, 2.45) is 5.92 Å². The van der Waals surface area contributed by atoms with Gasteiger partial charge in [-0.1, -0.05) is 6.07 Å². The fraction of sp³-hybridized carbons (Fsp3) is 0.458. The third-order valence-electron chi connectivity index (χ3n) is 7.08. The second kappa shape index (κ2) is 8.26. The quantitative estimate of drug-likeness (QED) is 0.655. The van der Waals surface area contributed by atoms with Gasteiger partial charge in [-0.3, -0.25) is 14.8 Å². The summed E-state index contributed by atoms with van der Waals surface area (Å²) in [4.78, 5) is 20.5. The lowest BCUT2D eigenvalue weighted by molar-refractivity contribution is 0.00428. The molecule has 3 aliphatic rings. The number of esters is 1. The number of carbonyl (C=O) groups is 1. The van der Waals surface area contributed by atoms with Crippen molar-refractivity contribution in [1.82, 2.24) is 14.8 Å². The highest BCUT2D eigenvalue weighted by Gasteiger charge is 2.46. The summed E-state index contributed by atoms with van der Waals surface area (Å²) in [6.45, 7) is 5.95. The molecule has 0 bridgehead atoms. The number of cyclic esters (lactones) is 1. The number of β-amino-alcohol motifs (C(OH)–C–C–N with tert-alkyl or cyclic N) is 2. The first-order valence-electron chi connectivity index (χ1n) is 10.9. The lowest BCUT2D eigenvalue weighted by atomic mass is 9.91. The number of aliphatic hydroxyl groups excluding tert-OH is 2. The van der Waals surface area contributed by atoms with E-state index in [9.17, 15) is 15.0 Å². The van der Waals surface area contributed by atoms with E-state index in [4.69, 9.17) is 10.00 Å². The molecule has 2 unspecified atom stereocenters. The fourth-order valence-electron chi connectivity index (χ4n) is 5.25. The molecule has 0 spiro atoms. The number of hydrogen-bond donors (Lipinski definition) is 2. The summed E-state index contributed by atoms with van der Waals surface area (Å²) in [7, 11) is 0. The van der Waals surface area contributed by atoms with E-state index in [1.807, 2.05) is 19.1 Å². The van der Waals surface area contributed by atoms with Crippen molar-refractivity contribution in [3.05, 3.63) is 64.0 Å². The predicted octanol–water partition coefficient (Wildman–Crippen LogP) is 1.32. The van der Waals surface area contributed by atoms with Gasteiger partial charge in [0.05, 0.1) is 22.9 Å². The molecule has 2 aromatic rings. The highest BCUT2D eigenvalue weighted by molar-refractivity contribution is 5.93. The van der Waals surface area contributed by atoms with Gasteiger partial charge in [-0.25, -0.2) is 4.79 Å². The standard InChI is InChI=1S/C24H26N4O4/c1-14-17(3-4-18-19(14)13-32-24(18)31)22(29)11-27-8-16-9-28(21(16)10-27)12-23(30)20-5-2-15(6-25)7-26-20/h2-5,7,16,21-23,29-30H,8-13H2,1H3/t16-,21?,22-,23?/m0/s1. The molecule has 8 heteroatoms. The molecule has 2 saturated heterocycles. The molecular weight excluding hydrogens is 408 g/mol. The van der Waals surface area contributed by atoms with E-state index >= 15 is 0 Å². The fourth-order valence-corrected chi connectivity index (χ4v) is 5.25. The van der Waals surface area contributed by atoms with Gasteiger partial charge in [0.2, 0.25) is 0 Å². The number of benzene rings is 1. The molecule has 2 fully saturated rings. The minimum atomic E-state index is -0.692. The third-order valence-corrected chi connectivity index (χ3v) is 7.08. The van der Waals surface area contributed by atoms with Gasteiger partial charge in [-0.05, 0) is 36.2 Å². The Morgan fingerprint density at radius 2 is 2.03 bits per heavy atom. The molecule has 4 atom stereocenters. The molecule has 0 aliphatic carbocycles. The average molecular weight is 434 g/mol. The maximum absolute atomic E-state index is 11.8. The molecule has 1 aromatic carbocycles. The van der Waals surface area contributed by atoms with Crippen LogP contribution < -0.4 is 0 Å². The van der Waals surface area contributed by atoms with Crippen molar-refractivity contribution in [2.75, 3.05) is 32.7 Å². The maximum Gasteiger partial charge on any atom is 0.338 e. The molecule has 32 heavy (non-hydrogen) atoms. The van der Waals surface area contributed by atoms with Crippen LogP contribution in [0.2, 0.25) is 0 Å². The number of aromatic nitrogens is 1. The molecule has 4 heterocycles. The zero-order chi connectivity index (χ0) is 22.4. The van der Waals surface area contributed by atoms with Crippen molar-refractivity contribution in [3.8, 4) is 6.07 Å². The lowest BCUT2D eigenvalue weighted by Gasteiger charge is -2.44. The van der Waals surface area contributed by atoms with Gasteiger partial charge < -0.3 is 14.9 Å². The van der Waals surface area contributed by atoms with E-state index in [-0.39, 0.29) is 12.6 Å². The zero-order valence-electron chi connectivity index (χ0n) is 17.9. The summed E-state index contributed by atoms with van der Waals surface area (Å²) in [5.74, 6) is 0.245. The molecule has 1 aromatic heterocycles. The van der Waals surface area contributed by atoms with Gasteiger partial charge >= 0.3 is 5.97 Å². The smallest absolute Gasteiger partial charge is 0.338 e. The summed E-state index contributed by atoms with van der Waals surface area (Å²) in [6, 6.07) is 9.37. The van der Waals surface area contributed by atoms with Crippen LogP contribution in [0.5, 0.6) is 0 Å². The second-order valence-corrected chi connectivity index (χ2v) is 9.00. The lowest BCUT2D eigenvalue weighted by Crippen LogP contribution is -2.56. The average Bonchev–Trinajstić information content (AvgIpc) is 3.32. The molecule has 3 aliphatic heterocycles. The van der Waals surface area contributed by atoms with Gasteiger partial charge in [0.25, 0.3) is 0 Å². The van der Waals surface area contributed by atoms with E-state index in [1.54, 1.807) is 18.2 Å². The summed E-state index contributed by atoms with van der Waals surface area (Å²) in [6.07, 6.45) is 0.164. The van der Waals surface area contributed by atoms with Crippen molar-refractivity contribution in [3.63, 3.8) is 0 Å². The Bertz CT molecular complexity index is 1080. The highest BCUT2D eigenvalue weighted by Crippen LogP contribution is 2.35. The number of ether oxygens (including phenoxy) is 1. The van der Waals surface area contributed by atoms with Crippen molar-refractivity contribution < 1.29 is 19.7 Å². The Kier molecular flexibility index (Phi) is 5.43. The summed E-state index contributed by atoms with van der Waals surface area (Å²) < 4.78 is 5.12. The van der Waals surface area contributed by atoms with Gasteiger partial charge in [-0.2, -0.15) is 5.26 Å². The van der Waals surface area contributed by atoms with Crippen LogP contribution in [0, 0.1) is 24.2 Å². The van der Waals surface area contributed by atoms with E-state index in [0.29, 0.717) is 41.9 Å². The van der Waals surface area contributed by atoms with Gasteiger partial charge in [0.1, 0.15) is 18.8 Å². The van der Waals surface area contributed by atoms with Crippen LogP contribution >= 0.6 is 0 Å². The van der Waals surface area contributed by atoms with Crippen LogP contribution in [0.4, 0.5) is 0 Å². The normalized spacial score (nSPS) is 24.2. The Morgan fingerprint density at radius 3 is 2.78 bits per heavy atom. The Hall–Kier alpha value is -2.83. The predicted molar refractivity (Wildman–Crippen MR) is 114 cm³/mol. The van der Waals surface area contributed by atoms with E-state index < -0.39 is 12.2 Å². The first-order chi connectivity index (χ1) is 15.4. The van der Waals surface area contributed by atoms with Crippen LogP contribution in [0.15, 0.2) is 30.5 Å². The first kappa shape index (κ1) is 21.0. The van der Waals surface area contributed by atoms with Gasteiger partial charge in [0, 0.05) is 56.4 Å². The Morgan fingerprint density at radius 1 is 1.19 bits per heavy atom. The zero-order valence-corrected chi connectivity index (χ0v) is 17.9. The molecule has 2 N–H and O–H groups in total. The van der Waals surface area contributed by atoms with Crippen molar-refractivity contribution in [1.29, 1.82) is 5.26 Å². The number of carbonyl (C=O) groups excluding carboxylic acids is 1. The number of likely N-dealkylation sites (tertiary alicyclic amines) is 2. The number of pyridine rings is 1. The van der Waals surface area contributed by atoms with Gasteiger partial charge in [-0.15, -0.1) is 0 Å². The molecule has 0 saturated carbocycles. The largest absolute Gasteiger partial charge is 0.457 e. The SMILES string of the molecule is Cc1c([C@@H](O)CN2CC3[C@@H](C2)CN3CC(O)c2ccc(C#N)cn2)ccc2c1COC2=O. The number of fused-ring (bicyclic) bond motifs is 2. The molecule has 0 radical (unpaired) electrons. The number of nitrogens with zero attached hydrogens (tertiary/aromatic N) is 4. The van der Waals surface area contributed by atoms with E-state index in [2.05, 4.69) is 14.8 Å².